The minimum absolute atomic E-state index is 0.0810. The molecule has 2 fully saturated rings. The highest BCUT2D eigenvalue weighted by Crippen LogP contribution is 2.49. The van der Waals surface area contributed by atoms with Crippen LogP contribution in [0.1, 0.15) is 44.0 Å². The maximum Gasteiger partial charge on any atom is 0.352 e. The quantitative estimate of drug-likeness (QED) is 0.414. The van der Waals surface area contributed by atoms with Crippen molar-refractivity contribution in [2.24, 2.45) is 17.3 Å². The normalized spacial score (nSPS) is 26.0. The zero-order valence-corrected chi connectivity index (χ0v) is 17.1. The Morgan fingerprint density at radius 3 is 2.79 bits per heavy atom. The molecule has 3 atom stereocenters. The number of pyridine rings is 1. The Bertz CT molecular complexity index is 892. The summed E-state index contributed by atoms with van der Waals surface area (Å²) in [6.07, 6.45) is 7.76. The van der Waals surface area contributed by atoms with Crippen LogP contribution in [0, 0.1) is 29.6 Å². The van der Waals surface area contributed by atoms with Gasteiger partial charge in [-0.2, -0.15) is 0 Å². The molecule has 1 saturated heterocycles. The van der Waals surface area contributed by atoms with Crippen LogP contribution in [0.4, 0.5) is 0 Å². The molecule has 1 saturated carbocycles. The number of likely N-dealkylation sites (tertiary alicyclic amines) is 1. The molecule has 1 amide bonds. The van der Waals surface area contributed by atoms with Crippen LogP contribution in [0.2, 0.25) is 0 Å². The molecule has 29 heavy (non-hydrogen) atoms. The molecule has 1 aromatic rings. The summed E-state index contributed by atoms with van der Waals surface area (Å²) in [4.78, 5) is 31.4. The molecule has 1 N–H and O–H groups in total. The minimum atomic E-state index is -0.889. The predicted octanol–water partition coefficient (Wildman–Crippen LogP) is 2.84. The first-order valence-corrected chi connectivity index (χ1v) is 10.2. The maximum absolute atomic E-state index is 13.0. The Kier molecular flexibility index (Phi) is 4.92. The summed E-state index contributed by atoms with van der Waals surface area (Å²) in [5.41, 5.74) is 0.723. The van der Waals surface area contributed by atoms with Gasteiger partial charge in [-0.05, 0) is 51.2 Å². The maximum atomic E-state index is 13.0. The van der Waals surface area contributed by atoms with E-state index in [4.69, 9.17) is 14.9 Å². The van der Waals surface area contributed by atoms with E-state index in [0.29, 0.717) is 5.92 Å². The Hall–Kier alpha value is -2.70. The summed E-state index contributed by atoms with van der Waals surface area (Å²) < 4.78 is 10.8. The van der Waals surface area contributed by atoms with E-state index >= 15 is 0 Å². The van der Waals surface area contributed by atoms with E-state index in [-0.39, 0.29) is 30.8 Å². The molecule has 7 heteroatoms. The second kappa shape index (κ2) is 7.28. The molecule has 7 nitrogen and oxygen atoms in total. The second-order valence-electron chi connectivity index (χ2n) is 8.24. The smallest absolute Gasteiger partial charge is 0.352 e. The van der Waals surface area contributed by atoms with Crippen molar-refractivity contribution in [2.45, 2.75) is 39.7 Å². The van der Waals surface area contributed by atoms with Gasteiger partial charge >= 0.3 is 5.97 Å². The fraction of sp³-hybridized carbons (Fsp3) is 0.545. The van der Waals surface area contributed by atoms with E-state index in [9.17, 15) is 9.59 Å². The number of hydrogen-bond donors (Lipinski definition) is 1. The Morgan fingerprint density at radius 2 is 2.21 bits per heavy atom. The first-order valence-electron chi connectivity index (χ1n) is 10.2. The third-order valence-electron chi connectivity index (χ3n) is 6.22. The number of aryl methyl sites for hydroxylation is 1. The lowest BCUT2D eigenvalue weighted by Crippen LogP contribution is -2.46. The average molecular weight is 397 g/mol. The number of rotatable bonds is 8. The Labute approximate surface area is 170 Å². The summed E-state index contributed by atoms with van der Waals surface area (Å²) in [6, 6.07) is 1.69. The number of nitrogens with zero attached hydrogens (tertiary/aromatic N) is 2. The third-order valence-corrected chi connectivity index (χ3v) is 6.22. The standard InChI is InChI=1S/C22H27N3O4/c1-4-28-21(27)19(23)22-8-7-16(22)20(26)25(12-22)14(3)17-9-13(2)18(10-24-17)29-11-15-5-6-15/h7-10,14-16,23H,4-6,11-12H2,1-3H3/t14?,16?,22-/m0/s1. The van der Waals surface area contributed by atoms with Crippen molar-refractivity contribution in [2.75, 3.05) is 19.8 Å². The number of nitrogens with one attached hydrogen (secondary N) is 1. The molecule has 0 radical (unpaired) electrons. The van der Waals surface area contributed by atoms with Gasteiger partial charge in [0.05, 0.1) is 42.5 Å². The van der Waals surface area contributed by atoms with E-state index in [1.807, 2.05) is 19.9 Å². The number of esters is 1. The van der Waals surface area contributed by atoms with Gasteiger partial charge in [0, 0.05) is 6.54 Å². The molecule has 1 aromatic heterocycles. The fourth-order valence-electron chi connectivity index (χ4n) is 4.05. The predicted molar refractivity (Wildman–Crippen MR) is 107 cm³/mol. The van der Waals surface area contributed by atoms with Gasteiger partial charge in [-0.1, -0.05) is 12.2 Å². The van der Waals surface area contributed by atoms with Gasteiger partial charge in [-0.15, -0.1) is 0 Å². The van der Waals surface area contributed by atoms with Crippen LogP contribution in [0.5, 0.6) is 5.75 Å². The van der Waals surface area contributed by atoms with Crippen LogP contribution in [0.15, 0.2) is 24.4 Å². The molecular formula is C22H27N3O4. The first-order chi connectivity index (χ1) is 13.9. The largest absolute Gasteiger partial charge is 0.491 e. The Morgan fingerprint density at radius 1 is 1.45 bits per heavy atom. The number of fused-ring (bicyclic) bond motifs is 1. The van der Waals surface area contributed by atoms with E-state index in [2.05, 4.69) is 4.98 Å². The molecule has 2 heterocycles. The average Bonchev–Trinajstić information content (AvgIpc) is 3.47. The molecule has 0 bridgehead atoms. The molecule has 154 valence electrons. The molecule has 0 spiro atoms. The Balaban J connectivity index is 1.50. The van der Waals surface area contributed by atoms with Crippen molar-refractivity contribution in [1.29, 1.82) is 5.41 Å². The number of ether oxygens (including phenoxy) is 2. The second-order valence-corrected chi connectivity index (χ2v) is 8.24. The highest BCUT2D eigenvalue weighted by molar-refractivity contribution is 6.39. The SMILES string of the molecule is CCOC(=O)C(=N)[C@]12C=CC1C(=O)N(C(C)c1cc(C)c(OCC3CC3)cn1)C2. The van der Waals surface area contributed by atoms with Gasteiger partial charge < -0.3 is 14.4 Å². The van der Waals surface area contributed by atoms with Crippen LogP contribution < -0.4 is 4.74 Å². The van der Waals surface area contributed by atoms with Crippen LogP contribution in [0.3, 0.4) is 0 Å². The first kappa shape index (κ1) is 19.6. The summed E-state index contributed by atoms with van der Waals surface area (Å²) in [5.74, 6) is 0.231. The van der Waals surface area contributed by atoms with Gasteiger partial charge in [-0.3, -0.25) is 15.2 Å². The van der Waals surface area contributed by atoms with Gasteiger partial charge in [-0.25, -0.2) is 4.79 Å². The summed E-state index contributed by atoms with van der Waals surface area (Å²) in [6.45, 7) is 6.83. The number of carbonyl (C=O) groups excluding carboxylic acids is 2. The number of amides is 1. The third kappa shape index (κ3) is 3.32. The van der Waals surface area contributed by atoms with E-state index in [0.717, 1.165) is 23.6 Å². The molecule has 1 aliphatic heterocycles. The minimum Gasteiger partial charge on any atom is -0.491 e. The highest BCUT2D eigenvalue weighted by atomic mass is 16.5. The van der Waals surface area contributed by atoms with Crippen LogP contribution in [0.25, 0.3) is 0 Å². The van der Waals surface area contributed by atoms with Gasteiger partial charge in [0.15, 0.2) is 0 Å². The van der Waals surface area contributed by atoms with Crippen molar-refractivity contribution >= 4 is 17.6 Å². The van der Waals surface area contributed by atoms with Crippen molar-refractivity contribution in [1.82, 2.24) is 9.88 Å². The zero-order valence-electron chi connectivity index (χ0n) is 17.1. The molecule has 2 aliphatic carbocycles. The fourth-order valence-corrected chi connectivity index (χ4v) is 4.05. The van der Waals surface area contributed by atoms with Crippen LogP contribution in [-0.4, -0.2) is 47.2 Å². The topological polar surface area (TPSA) is 92.6 Å². The van der Waals surface area contributed by atoms with Gasteiger partial charge in [0.2, 0.25) is 5.91 Å². The number of hydrogen-bond acceptors (Lipinski definition) is 6. The number of carbonyl (C=O) groups is 2. The van der Waals surface area contributed by atoms with Gasteiger partial charge in [0.1, 0.15) is 11.5 Å². The van der Waals surface area contributed by atoms with Crippen molar-refractivity contribution in [3.8, 4) is 5.75 Å². The number of aromatic nitrogens is 1. The molecule has 4 rings (SSSR count). The summed E-state index contributed by atoms with van der Waals surface area (Å²) >= 11 is 0. The monoisotopic (exact) mass is 397 g/mol. The van der Waals surface area contributed by atoms with E-state index < -0.39 is 17.3 Å². The molecule has 3 aliphatic rings. The highest BCUT2D eigenvalue weighted by Gasteiger charge is 2.59. The van der Waals surface area contributed by atoms with Crippen LogP contribution in [-0.2, 0) is 14.3 Å². The lowest BCUT2D eigenvalue weighted by Gasteiger charge is -2.35. The van der Waals surface area contributed by atoms with Crippen molar-refractivity contribution < 1.29 is 19.1 Å². The molecular weight excluding hydrogens is 370 g/mol. The van der Waals surface area contributed by atoms with Gasteiger partial charge in [0.25, 0.3) is 0 Å². The van der Waals surface area contributed by atoms with Crippen molar-refractivity contribution in [3.05, 3.63) is 35.7 Å². The summed E-state index contributed by atoms with van der Waals surface area (Å²) in [5, 5.41) is 8.31. The zero-order chi connectivity index (χ0) is 20.8. The van der Waals surface area contributed by atoms with Crippen molar-refractivity contribution in [3.63, 3.8) is 0 Å². The lowest BCUT2D eigenvalue weighted by molar-refractivity contribution is -0.135. The molecule has 2 unspecified atom stereocenters. The van der Waals surface area contributed by atoms with E-state index in [1.54, 1.807) is 30.2 Å². The summed E-state index contributed by atoms with van der Waals surface area (Å²) in [7, 11) is 0. The van der Waals surface area contributed by atoms with E-state index in [1.165, 1.54) is 12.8 Å². The lowest BCUT2D eigenvalue weighted by atomic mass is 9.66. The van der Waals surface area contributed by atoms with Crippen LogP contribution >= 0.6 is 0 Å². The molecule has 0 aromatic carbocycles.